The lowest BCUT2D eigenvalue weighted by atomic mass is 9.99. The molecule has 0 saturated carbocycles. The molecule has 1 aromatic carbocycles. The third kappa shape index (κ3) is 3.27. The van der Waals surface area contributed by atoms with Crippen molar-refractivity contribution in [2.24, 2.45) is 11.5 Å². The summed E-state index contributed by atoms with van der Waals surface area (Å²) in [7, 11) is 4.77. The van der Waals surface area contributed by atoms with Crippen LogP contribution in [-0.2, 0) is 0 Å². The molecule has 0 spiro atoms. The van der Waals surface area contributed by atoms with E-state index in [0.29, 0.717) is 23.7 Å². The Morgan fingerprint density at radius 2 is 1.44 bits per heavy atom. The first-order valence-corrected chi connectivity index (χ1v) is 5.84. The zero-order valence-corrected chi connectivity index (χ0v) is 11.4. The Bertz CT molecular complexity index is 394. The van der Waals surface area contributed by atoms with Gasteiger partial charge in [0.25, 0.3) is 0 Å². The van der Waals surface area contributed by atoms with E-state index in [-0.39, 0.29) is 12.1 Å². The fraction of sp³-hybridized carbons (Fsp3) is 0.538. The largest absolute Gasteiger partial charge is 0.496 e. The molecule has 4 N–H and O–H groups in total. The van der Waals surface area contributed by atoms with Gasteiger partial charge < -0.3 is 25.7 Å². The van der Waals surface area contributed by atoms with Gasteiger partial charge in [-0.3, -0.25) is 0 Å². The molecule has 102 valence electrons. The molecule has 0 aromatic heterocycles. The maximum atomic E-state index is 6.13. The molecule has 5 nitrogen and oxygen atoms in total. The van der Waals surface area contributed by atoms with E-state index in [1.54, 1.807) is 27.4 Å². The molecule has 0 radical (unpaired) electrons. The minimum absolute atomic E-state index is 0.0257. The van der Waals surface area contributed by atoms with Gasteiger partial charge >= 0.3 is 0 Å². The molecule has 0 aliphatic carbocycles. The SMILES string of the molecule is COc1cc(OC)c(C(N)CC(C)N)cc1OC. The van der Waals surface area contributed by atoms with Crippen molar-refractivity contribution in [3.05, 3.63) is 17.7 Å². The topological polar surface area (TPSA) is 79.7 Å². The van der Waals surface area contributed by atoms with Crippen molar-refractivity contribution in [2.45, 2.75) is 25.4 Å². The van der Waals surface area contributed by atoms with Crippen LogP contribution in [0.4, 0.5) is 0 Å². The van der Waals surface area contributed by atoms with Gasteiger partial charge in [-0.05, 0) is 19.4 Å². The normalized spacial score (nSPS) is 13.9. The van der Waals surface area contributed by atoms with E-state index < -0.39 is 0 Å². The molecule has 0 heterocycles. The van der Waals surface area contributed by atoms with Gasteiger partial charge in [0.1, 0.15) is 5.75 Å². The van der Waals surface area contributed by atoms with Gasteiger partial charge in [0.15, 0.2) is 11.5 Å². The fourth-order valence-corrected chi connectivity index (χ4v) is 1.87. The lowest BCUT2D eigenvalue weighted by molar-refractivity contribution is 0.345. The number of hydrogen-bond donors (Lipinski definition) is 2. The summed E-state index contributed by atoms with van der Waals surface area (Å²) in [6, 6.07) is 3.44. The molecular weight excluding hydrogens is 232 g/mol. The van der Waals surface area contributed by atoms with Crippen LogP contribution in [0.1, 0.15) is 24.9 Å². The predicted octanol–water partition coefficient (Wildman–Crippen LogP) is 1.45. The van der Waals surface area contributed by atoms with Gasteiger partial charge in [0, 0.05) is 23.7 Å². The minimum atomic E-state index is -0.195. The zero-order valence-electron chi connectivity index (χ0n) is 11.4. The maximum absolute atomic E-state index is 6.13. The van der Waals surface area contributed by atoms with Crippen LogP contribution in [0.15, 0.2) is 12.1 Å². The van der Waals surface area contributed by atoms with E-state index >= 15 is 0 Å². The van der Waals surface area contributed by atoms with Crippen molar-refractivity contribution < 1.29 is 14.2 Å². The summed E-state index contributed by atoms with van der Waals surface area (Å²) in [4.78, 5) is 0. The molecule has 0 saturated heterocycles. The van der Waals surface area contributed by atoms with E-state index in [0.717, 1.165) is 5.56 Å². The molecule has 2 atom stereocenters. The van der Waals surface area contributed by atoms with Crippen LogP contribution in [-0.4, -0.2) is 27.4 Å². The lowest BCUT2D eigenvalue weighted by Gasteiger charge is -2.19. The molecule has 5 heteroatoms. The number of methoxy groups -OCH3 is 3. The van der Waals surface area contributed by atoms with E-state index in [1.165, 1.54) is 0 Å². The lowest BCUT2D eigenvalue weighted by Crippen LogP contribution is -2.23. The third-order valence-electron chi connectivity index (χ3n) is 2.76. The van der Waals surface area contributed by atoms with Crippen molar-refractivity contribution >= 4 is 0 Å². The van der Waals surface area contributed by atoms with Gasteiger partial charge in [-0.1, -0.05) is 0 Å². The van der Waals surface area contributed by atoms with E-state index in [1.807, 2.05) is 13.0 Å². The third-order valence-corrected chi connectivity index (χ3v) is 2.76. The Hall–Kier alpha value is -1.46. The van der Waals surface area contributed by atoms with Crippen molar-refractivity contribution in [2.75, 3.05) is 21.3 Å². The highest BCUT2D eigenvalue weighted by molar-refractivity contribution is 5.51. The second-order valence-electron chi connectivity index (χ2n) is 4.27. The number of benzene rings is 1. The predicted molar refractivity (Wildman–Crippen MR) is 71.3 cm³/mol. The smallest absolute Gasteiger partial charge is 0.164 e. The van der Waals surface area contributed by atoms with Gasteiger partial charge in [-0.2, -0.15) is 0 Å². The maximum Gasteiger partial charge on any atom is 0.164 e. The minimum Gasteiger partial charge on any atom is -0.496 e. The average Bonchev–Trinajstić information content (AvgIpc) is 2.36. The number of nitrogens with two attached hydrogens (primary N) is 2. The van der Waals surface area contributed by atoms with Crippen LogP contribution in [0, 0.1) is 0 Å². The number of rotatable bonds is 6. The van der Waals surface area contributed by atoms with Crippen LogP contribution in [0.3, 0.4) is 0 Å². The Balaban J connectivity index is 3.16. The van der Waals surface area contributed by atoms with Crippen LogP contribution in [0.25, 0.3) is 0 Å². The highest BCUT2D eigenvalue weighted by atomic mass is 16.5. The Morgan fingerprint density at radius 3 is 1.89 bits per heavy atom. The molecule has 0 aliphatic rings. The summed E-state index contributed by atoms with van der Waals surface area (Å²) in [6.07, 6.45) is 0.672. The number of ether oxygens (including phenoxy) is 3. The first-order valence-electron chi connectivity index (χ1n) is 5.84. The monoisotopic (exact) mass is 254 g/mol. The Labute approximate surface area is 108 Å². The number of hydrogen-bond acceptors (Lipinski definition) is 5. The molecule has 18 heavy (non-hydrogen) atoms. The highest BCUT2D eigenvalue weighted by Gasteiger charge is 2.18. The van der Waals surface area contributed by atoms with Crippen molar-refractivity contribution in [3.63, 3.8) is 0 Å². The quantitative estimate of drug-likeness (QED) is 0.803. The standard InChI is InChI=1S/C13H22N2O3/c1-8(14)5-10(15)9-6-12(17-3)13(18-4)7-11(9)16-2/h6-8,10H,5,14-15H2,1-4H3. The van der Waals surface area contributed by atoms with Crippen molar-refractivity contribution in [3.8, 4) is 17.2 Å². The molecule has 0 aliphatic heterocycles. The molecule has 0 bridgehead atoms. The van der Waals surface area contributed by atoms with E-state index in [2.05, 4.69) is 0 Å². The average molecular weight is 254 g/mol. The Morgan fingerprint density at radius 1 is 0.944 bits per heavy atom. The zero-order chi connectivity index (χ0) is 13.7. The van der Waals surface area contributed by atoms with Gasteiger partial charge in [0.2, 0.25) is 0 Å². The summed E-state index contributed by atoms with van der Waals surface area (Å²) >= 11 is 0. The molecule has 0 fully saturated rings. The van der Waals surface area contributed by atoms with E-state index in [4.69, 9.17) is 25.7 Å². The Kier molecular flexibility index (Phi) is 5.25. The van der Waals surface area contributed by atoms with Crippen molar-refractivity contribution in [1.82, 2.24) is 0 Å². The van der Waals surface area contributed by atoms with Crippen LogP contribution >= 0.6 is 0 Å². The van der Waals surface area contributed by atoms with Crippen LogP contribution in [0.5, 0.6) is 17.2 Å². The van der Waals surface area contributed by atoms with Crippen LogP contribution in [0.2, 0.25) is 0 Å². The summed E-state index contributed by atoms with van der Waals surface area (Å²) in [5.74, 6) is 1.93. The summed E-state index contributed by atoms with van der Waals surface area (Å²) in [6.45, 7) is 1.92. The second kappa shape index (κ2) is 6.47. The van der Waals surface area contributed by atoms with Gasteiger partial charge in [0.05, 0.1) is 21.3 Å². The van der Waals surface area contributed by atoms with E-state index in [9.17, 15) is 0 Å². The highest BCUT2D eigenvalue weighted by Crippen LogP contribution is 2.37. The first kappa shape index (κ1) is 14.6. The summed E-state index contributed by atoms with van der Waals surface area (Å²) in [5, 5.41) is 0. The molecule has 0 amide bonds. The first-order chi connectivity index (χ1) is 8.53. The molecule has 2 unspecified atom stereocenters. The molecular formula is C13H22N2O3. The summed E-state index contributed by atoms with van der Waals surface area (Å²) in [5.41, 5.74) is 12.8. The second-order valence-corrected chi connectivity index (χ2v) is 4.27. The van der Waals surface area contributed by atoms with Crippen molar-refractivity contribution in [1.29, 1.82) is 0 Å². The molecule has 1 rings (SSSR count). The van der Waals surface area contributed by atoms with Gasteiger partial charge in [-0.25, -0.2) is 0 Å². The fourth-order valence-electron chi connectivity index (χ4n) is 1.87. The summed E-state index contributed by atoms with van der Waals surface area (Å²) < 4.78 is 15.8. The molecule has 1 aromatic rings. The van der Waals surface area contributed by atoms with Crippen LogP contribution < -0.4 is 25.7 Å². The van der Waals surface area contributed by atoms with Gasteiger partial charge in [-0.15, -0.1) is 0 Å².